The molecule has 0 radical (unpaired) electrons. The standard InChI is InChI=1S/C28H41N3O6S/c1-6-7-22(23-14-21(15-24(32)36-23)34-16-19-8-9-19)29-26(33)28(5)17-38-25(30-28)18(2)31-35-13-11-20-10-12-27(3,4)37-20/h14-15,19-20,22H,6-13,16-17H2,1-5H3,(H,29,33)/b31-18+/t20?,22-,28?/m1/s1. The zero-order valence-corrected chi connectivity index (χ0v) is 24.0. The first-order chi connectivity index (χ1) is 18.1. The number of oxime groups is 1. The smallest absolute Gasteiger partial charge is 0.339 e. The Morgan fingerprint density at radius 1 is 1.29 bits per heavy atom. The van der Waals surface area contributed by atoms with Crippen LogP contribution in [0.4, 0.5) is 0 Å². The summed E-state index contributed by atoms with van der Waals surface area (Å²) in [5, 5.41) is 7.99. The van der Waals surface area contributed by atoms with Crippen LogP contribution in [0.5, 0.6) is 5.75 Å². The molecule has 1 saturated carbocycles. The van der Waals surface area contributed by atoms with Crippen LogP contribution in [0.2, 0.25) is 0 Å². The van der Waals surface area contributed by atoms with E-state index in [4.69, 9.17) is 23.7 Å². The number of nitrogens with one attached hydrogen (secondary N) is 1. The van der Waals surface area contributed by atoms with Crippen LogP contribution in [0, 0.1) is 5.92 Å². The van der Waals surface area contributed by atoms with Gasteiger partial charge in [-0.25, -0.2) is 4.79 Å². The van der Waals surface area contributed by atoms with Gasteiger partial charge in [-0.2, -0.15) is 0 Å². The SMILES string of the molecule is CCC[C@@H](NC(=O)C1(C)CSC(/C(C)=N/OCCC2CCC(C)(C)O2)=N1)c1cc(OCC2CC2)cc(=O)o1. The normalized spacial score (nSPS) is 25.7. The van der Waals surface area contributed by atoms with E-state index in [1.807, 2.05) is 20.8 Å². The van der Waals surface area contributed by atoms with Gasteiger partial charge in [-0.1, -0.05) is 18.5 Å². The summed E-state index contributed by atoms with van der Waals surface area (Å²) >= 11 is 1.49. The van der Waals surface area contributed by atoms with Crippen LogP contribution in [0.15, 0.2) is 31.5 Å². The molecule has 1 aliphatic carbocycles. The lowest BCUT2D eigenvalue weighted by atomic mass is 10.0. The van der Waals surface area contributed by atoms with E-state index in [2.05, 4.69) is 24.3 Å². The highest BCUT2D eigenvalue weighted by Crippen LogP contribution is 2.33. The van der Waals surface area contributed by atoms with E-state index in [0.717, 1.165) is 38.5 Å². The Kier molecular flexibility index (Phi) is 9.23. The highest BCUT2D eigenvalue weighted by atomic mass is 32.2. The molecule has 0 aromatic carbocycles. The van der Waals surface area contributed by atoms with Crippen molar-refractivity contribution in [2.45, 2.75) is 103 Å². The summed E-state index contributed by atoms with van der Waals surface area (Å²) in [7, 11) is 0. The fourth-order valence-electron chi connectivity index (χ4n) is 4.56. The monoisotopic (exact) mass is 547 g/mol. The van der Waals surface area contributed by atoms with Crippen molar-refractivity contribution in [3.63, 3.8) is 0 Å². The van der Waals surface area contributed by atoms with E-state index in [1.54, 1.807) is 6.07 Å². The molecule has 3 atom stereocenters. The van der Waals surface area contributed by atoms with Gasteiger partial charge < -0.3 is 24.0 Å². The molecule has 1 aromatic rings. The summed E-state index contributed by atoms with van der Waals surface area (Å²) < 4.78 is 17.3. The molecule has 3 heterocycles. The minimum atomic E-state index is -0.966. The summed E-state index contributed by atoms with van der Waals surface area (Å²) in [6, 6.07) is 2.62. The van der Waals surface area contributed by atoms with Gasteiger partial charge in [0.1, 0.15) is 34.4 Å². The third-order valence-corrected chi connectivity index (χ3v) is 8.46. The van der Waals surface area contributed by atoms with Gasteiger partial charge in [-0.3, -0.25) is 9.79 Å². The summed E-state index contributed by atoms with van der Waals surface area (Å²) in [5.41, 5.74) is -0.859. The molecule has 3 aliphatic rings. The largest absolute Gasteiger partial charge is 0.493 e. The van der Waals surface area contributed by atoms with Crippen LogP contribution in [-0.4, -0.2) is 52.9 Å². The number of thioether (sulfide) groups is 1. The lowest BCUT2D eigenvalue weighted by molar-refractivity contribution is -0.125. The van der Waals surface area contributed by atoms with Crippen molar-refractivity contribution in [1.82, 2.24) is 5.32 Å². The third-order valence-electron chi connectivity index (χ3n) is 7.10. The summed E-state index contributed by atoms with van der Waals surface area (Å²) in [6.07, 6.45) is 6.83. The Hall–Kier alpha value is -2.33. The molecule has 38 heavy (non-hydrogen) atoms. The summed E-state index contributed by atoms with van der Waals surface area (Å²) in [4.78, 5) is 35.8. The Balaban J connectivity index is 1.35. The first-order valence-electron chi connectivity index (χ1n) is 13.7. The zero-order chi connectivity index (χ0) is 27.3. The molecular weight excluding hydrogens is 506 g/mol. The number of rotatable bonds is 13. The minimum Gasteiger partial charge on any atom is -0.493 e. The molecule has 210 valence electrons. The predicted molar refractivity (Wildman–Crippen MR) is 149 cm³/mol. The topological polar surface area (TPSA) is 112 Å². The van der Waals surface area contributed by atoms with Crippen molar-refractivity contribution in [3.05, 3.63) is 28.3 Å². The maximum absolute atomic E-state index is 13.4. The van der Waals surface area contributed by atoms with E-state index in [1.165, 1.54) is 17.8 Å². The van der Waals surface area contributed by atoms with Gasteiger partial charge in [0.2, 0.25) is 5.91 Å². The quantitative estimate of drug-likeness (QED) is 0.209. The molecule has 0 bridgehead atoms. The molecule has 0 spiro atoms. The van der Waals surface area contributed by atoms with Gasteiger partial charge >= 0.3 is 5.63 Å². The third kappa shape index (κ3) is 7.85. The molecule has 1 aromatic heterocycles. The van der Waals surface area contributed by atoms with Gasteiger partial charge in [0.05, 0.1) is 30.4 Å². The highest BCUT2D eigenvalue weighted by molar-refractivity contribution is 8.16. The summed E-state index contributed by atoms with van der Waals surface area (Å²) in [6.45, 7) is 11.0. The molecule has 4 rings (SSSR count). The van der Waals surface area contributed by atoms with Crippen LogP contribution in [0.25, 0.3) is 0 Å². The van der Waals surface area contributed by atoms with Gasteiger partial charge in [0.25, 0.3) is 0 Å². The predicted octanol–water partition coefficient (Wildman–Crippen LogP) is 5.03. The molecule has 2 aliphatic heterocycles. The molecule has 10 heteroatoms. The molecule has 1 amide bonds. The van der Waals surface area contributed by atoms with Crippen LogP contribution >= 0.6 is 11.8 Å². The number of ether oxygens (including phenoxy) is 2. The number of amides is 1. The van der Waals surface area contributed by atoms with Crippen LogP contribution < -0.4 is 15.7 Å². The number of aliphatic imine (C=N–C) groups is 1. The number of hydrogen-bond acceptors (Lipinski definition) is 9. The molecular formula is C28H41N3O6S. The second-order valence-corrected chi connectivity index (χ2v) is 12.4. The number of nitrogens with zero attached hydrogens (tertiary/aromatic N) is 2. The van der Waals surface area contributed by atoms with Crippen molar-refractivity contribution in [2.24, 2.45) is 16.1 Å². The fourth-order valence-corrected chi connectivity index (χ4v) is 5.69. The minimum absolute atomic E-state index is 0.0573. The second kappa shape index (κ2) is 12.2. The number of hydrogen-bond donors (Lipinski definition) is 1. The average Bonchev–Trinajstić information content (AvgIpc) is 3.51. The van der Waals surface area contributed by atoms with Gasteiger partial charge in [-0.15, -0.1) is 11.8 Å². The lowest BCUT2D eigenvalue weighted by Gasteiger charge is -2.24. The van der Waals surface area contributed by atoms with E-state index in [-0.39, 0.29) is 17.6 Å². The van der Waals surface area contributed by atoms with Crippen molar-refractivity contribution >= 4 is 28.4 Å². The van der Waals surface area contributed by atoms with E-state index in [0.29, 0.717) is 53.6 Å². The zero-order valence-electron chi connectivity index (χ0n) is 23.2. The van der Waals surface area contributed by atoms with Crippen molar-refractivity contribution in [3.8, 4) is 5.75 Å². The fraction of sp³-hybridized carbons (Fsp3) is 0.714. The number of carbonyl (C=O) groups excluding carboxylic acids is 1. The molecule has 2 unspecified atom stereocenters. The second-order valence-electron chi connectivity index (χ2n) is 11.4. The first kappa shape index (κ1) is 28.7. The Morgan fingerprint density at radius 2 is 2.08 bits per heavy atom. The van der Waals surface area contributed by atoms with Crippen LogP contribution in [0.1, 0.15) is 91.4 Å². The maximum atomic E-state index is 13.4. The van der Waals surface area contributed by atoms with Crippen LogP contribution in [0.3, 0.4) is 0 Å². The summed E-state index contributed by atoms with van der Waals surface area (Å²) in [5.74, 6) is 1.71. The Labute approximate surface area is 229 Å². The van der Waals surface area contributed by atoms with E-state index in [9.17, 15) is 9.59 Å². The van der Waals surface area contributed by atoms with Gasteiger partial charge in [0.15, 0.2) is 0 Å². The average molecular weight is 548 g/mol. The van der Waals surface area contributed by atoms with E-state index >= 15 is 0 Å². The van der Waals surface area contributed by atoms with Crippen molar-refractivity contribution < 1.29 is 23.5 Å². The Bertz CT molecular complexity index is 1110. The van der Waals surface area contributed by atoms with Gasteiger partial charge in [0, 0.05) is 18.2 Å². The molecule has 1 saturated heterocycles. The van der Waals surface area contributed by atoms with Crippen molar-refractivity contribution in [1.29, 1.82) is 0 Å². The molecule has 1 N–H and O–H groups in total. The van der Waals surface area contributed by atoms with Crippen LogP contribution in [-0.2, 0) is 14.4 Å². The first-order valence-corrected chi connectivity index (χ1v) is 14.7. The maximum Gasteiger partial charge on any atom is 0.339 e. The highest BCUT2D eigenvalue weighted by Gasteiger charge is 2.40. The van der Waals surface area contributed by atoms with E-state index < -0.39 is 17.2 Å². The lowest BCUT2D eigenvalue weighted by Crippen LogP contribution is -2.45. The number of carbonyl (C=O) groups is 1. The molecule has 2 fully saturated rings. The molecule has 9 nitrogen and oxygen atoms in total. The van der Waals surface area contributed by atoms with Crippen molar-refractivity contribution in [2.75, 3.05) is 19.0 Å². The Morgan fingerprint density at radius 3 is 2.76 bits per heavy atom. The van der Waals surface area contributed by atoms with Gasteiger partial charge in [-0.05, 0) is 65.7 Å².